The number of rotatable bonds is 6. The summed E-state index contributed by atoms with van der Waals surface area (Å²) in [5, 5.41) is 17.1. The molecular formula is C16H19BrFN5O4S. The van der Waals surface area contributed by atoms with Gasteiger partial charge in [0, 0.05) is 6.54 Å². The molecule has 9 nitrogen and oxygen atoms in total. The third-order valence-corrected chi connectivity index (χ3v) is 6.89. The van der Waals surface area contributed by atoms with E-state index in [1.54, 1.807) is 0 Å². The van der Waals surface area contributed by atoms with Gasteiger partial charge in [-0.3, -0.25) is 10.7 Å². The number of hydroxylamine groups is 1. The van der Waals surface area contributed by atoms with Gasteiger partial charge >= 0.3 is 0 Å². The van der Waals surface area contributed by atoms with E-state index in [0.29, 0.717) is 55.5 Å². The molecule has 0 atom stereocenters. The first-order chi connectivity index (χ1) is 13.5. The first-order valence-corrected chi connectivity index (χ1v) is 11.2. The largest absolute Gasteiger partial charge is 0.379 e. The van der Waals surface area contributed by atoms with E-state index in [1.165, 1.54) is 18.2 Å². The number of nitrogens with one attached hydrogen (secondary N) is 1. The highest BCUT2D eigenvalue weighted by molar-refractivity contribution is 9.10. The molecule has 0 spiro atoms. The minimum absolute atomic E-state index is 0.0158. The summed E-state index contributed by atoms with van der Waals surface area (Å²) in [6, 6.07) is 4.16. The van der Waals surface area contributed by atoms with Gasteiger partial charge in [0.1, 0.15) is 11.5 Å². The topological polar surface area (TPSA) is 122 Å². The number of ether oxygens (including phenoxy) is 1. The lowest BCUT2D eigenvalue weighted by Crippen LogP contribution is -2.25. The van der Waals surface area contributed by atoms with Crippen molar-refractivity contribution in [3.63, 3.8) is 0 Å². The van der Waals surface area contributed by atoms with Crippen LogP contribution in [0.15, 0.2) is 36.7 Å². The Morgan fingerprint density at radius 1 is 1.36 bits per heavy atom. The van der Waals surface area contributed by atoms with Crippen LogP contribution in [-0.4, -0.2) is 56.8 Å². The zero-order chi connectivity index (χ0) is 20.0. The van der Waals surface area contributed by atoms with E-state index in [4.69, 9.17) is 9.37 Å². The number of hydrogen-bond acceptors (Lipinski definition) is 8. The standard InChI is InChI=1S/C16H19BrFN5O4S/c17-12-10-11(3-4-13(12)18)20-16(21-24)15-14(22-27-23-15)2-1-5-19-28(25)8-6-26-7-9-28/h3-4,10,24H,1-2,5-9H2,(H,20,21). The van der Waals surface area contributed by atoms with Gasteiger partial charge in [-0.25, -0.2) is 22.6 Å². The summed E-state index contributed by atoms with van der Waals surface area (Å²) in [4.78, 5) is 4.21. The average molecular weight is 476 g/mol. The van der Waals surface area contributed by atoms with Crippen LogP contribution in [0.5, 0.6) is 0 Å². The van der Waals surface area contributed by atoms with Crippen LogP contribution in [0.2, 0.25) is 0 Å². The van der Waals surface area contributed by atoms with Gasteiger partial charge in [0.05, 0.1) is 44.6 Å². The first kappa shape index (κ1) is 20.8. The van der Waals surface area contributed by atoms with E-state index in [1.807, 2.05) is 5.48 Å². The molecule has 0 amide bonds. The quantitative estimate of drug-likeness (QED) is 0.284. The van der Waals surface area contributed by atoms with Crippen LogP contribution in [0.3, 0.4) is 0 Å². The number of aryl methyl sites for hydroxylation is 1. The summed E-state index contributed by atoms with van der Waals surface area (Å²) in [5.74, 6) is 0.514. The number of benzene rings is 1. The van der Waals surface area contributed by atoms with E-state index < -0.39 is 15.5 Å². The monoisotopic (exact) mass is 475 g/mol. The first-order valence-electron chi connectivity index (χ1n) is 8.52. The Kier molecular flexibility index (Phi) is 7.10. The third-order valence-electron chi connectivity index (χ3n) is 4.02. The van der Waals surface area contributed by atoms with Crippen molar-refractivity contribution >= 4 is 37.2 Å². The van der Waals surface area contributed by atoms with Crippen molar-refractivity contribution in [3.05, 3.63) is 39.9 Å². The predicted molar refractivity (Wildman–Crippen MR) is 104 cm³/mol. The van der Waals surface area contributed by atoms with Gasteiger partial charge in [-0.05, 0) is 52.1 Å². The minimum atomic E-state index is -2.18. The summed E-state index contributed by atoms with van der Waals surface area (Å²) in [5.41, 5.74) is 3.07. The summed E-state index contributed by atoms with van der Waals surface area (Å²) in [7, 11) is -2.18. The molecule has 28 heavy (non-hydrogen) atoms. The molecule has 0 saturated carbocycles. The SMILES string of the molecule is O=S1(=NCCCc2nonc2C(=Nc2ccc(F)c(Br)c2)NO)CCOCC1. The minimum Gasteiger partial charge on any atom is -0.379 e. The van der Waals surface area contributed by atoms with Gasteiger partial charge < -0.3 is 4.74 Å². The zero-order valence-corrected chi connectivity index (χ0v) is 17.2. The molecule has 0 radical (unpaired) electrons. The van der Waals surface area contributed by atoms with Crippen molar-refractivity contribution in [3.8, 4) is 0 Å². The lowest BCUT2D eigenvalue weighted by Gasteiger charge is -2.15. The van der Waals surface area contributed by atoms with Crippen LogP contribution < -0.4 is 5.48 Å². The van der Waals surface area contributed by atoms with Gasteiger partial charge in [-0.1, -0.05) is 5.16 Å². The summed E-state index contributed by atoms with van der Waals surface area (Å²) < 4.78 is 40.4. The Bertz CT molecular complexity index is 962. The zero-order valence-electron chi connectivity index (χ0n) is 14.8. The maximum Gasteiger partial charge on any atom is 0.181 e. The smallest absolute Gasteiger partial charge is 0.181 e. The van der Waals surface area contributed by atoms with Crippen LogP contribution >= 0.6 is 15.9 Å². The molecule has 1 aliphatic rings. The summed E-state index contributed by atoms with van der Waals surface area (Å²) in [6.07, 6.45) is 1.03. The molecule has 2 N–H and O–H groups in total. The molecule has 2 aromatic rings. The van der Waals surface area contributed by atoms with Gasteiger partial charge in [-0.15, -0.1) is 0 Å². The molecule has 1 fully saturated rings. The highest BCUT2D eigenvalue weighted by Gasteiger charge is 2.17. The maximum atomic E-state index is 13.4. The van der Waals surface area contributed by atoms with Crippen LogP contribution in [0.1, 0.15) is 17.8 Å². The average Bonchev–Trinajstić information content (AvgIpc) is 3.15. The molecule has 12 heteroatoms. The van der Waals surface area contributed by atoms with Crippen LogP contribution in [0, 0.1) is 5.82 Å². The number of aromatic nitrogens is 2. The van der Waals surface area contributed by atoms with Crippen molar-refractivity contribution < 1.29 is 23.2 Å². The van der Waals surface area contributed by atoms with E-state index >= 15 is 0 Å². The fourth-order valence-corrected chi connectivity index (χ4v) is 4.60. The number of amidine groups is 1. The number of aliphatic imine (C=N–C) groups is 1. The molecule has 2 heterocycles. The van der Waals surface area contributed by atoms with Gasteiger partial charge in [0.2, 0.25) is 0 Å². The molecule has 152 valence electrons. The third kappa shape index (κ3) is 5.34. The second kappa shape index (κ2) is 9.54. The van der Waals surface area contributed by atoms with E-state index in [0.717, 1.165) is 0 Å². The van der Waals surface area contributed by atoms with Crippen molar-refractivity contribution in [2.75, 3.05) is 31.3 Å². The number of hydrogen-bond donors (Lipinski definition) is 2. The molecule has 0 aliphatic carbocycles. The summed E-state index contributed by atoms with van der Waals surface area (Å²) in [6.45, 7) is 1.36. The predicted octanol–water partition coefficient (Wildman–Crippen LogP) is 2.46. The summed E-state index contributed by atoms with van der Waals surface area (Å²) >= 11 is 3.08. The molecule has 1 saturated heterocycles. The number of halogens is 2. The van der Waals surface area contributed by atoms with E-state index in [2.05, 4.69) is 35.6 Å². The van der Waals surface area contributed by atoms with Gasteiger partial charge in [0.25, 0.3) is 0 Å². The van der Waals surface area contributed by atoms with Crippen LogP contribution in [-0.2, 0) is 20.9 Å². The van der Waals surface area contributed by atoms with Crippen LogP contribution in [0.4, 0.5) is 10.1 Å². The molecule has 1 aliphatic heterocycles. The Labute approximate surface area is 169 Å². The molecular weight excluding hydrogens is 457 g/mol. The molecule has 1 aromatic heterocycles. The Balaban J connectivity index is 1.69. The van der Waals surface area contributed by atoms with Crippen LogP contribution in [0.25, 0.3) is 0 Å². The second-order valence-electron chi connectivity index (χ2n) is 5.98. The normalized spacial score (nSPS) is 16.8. The number of nitrogens with zero attached hydrogens (tertiary/aromatic N) is 4. The molecule has 0 bridgehead atoms. The van der Waals surface area contributed by atoms with Gasteiger partial charge in [-0.2, -0.15) is 0 Å². The lowest BCUT2D eigenvalue weighted by molar-refractivity contribution is 0.158. The molecule has 0 unspecified atom stereocenters. The second-order valence-corrected chi connectivity index (χ2v) is 9.45. The van der Waals surface area contributed by atoms with E-state index in [9.17, 15) is 13.8 Å². The Morgan fingerprint density at radius 3 is 2.86 bits per heavy atom. The van der Waals surface area contributed by atoms with Crippen molar-refractivity contribution in [2.24, 2.45) is 9.36 Å². The Hall–Kier alpha value is -1.89. The maximum absolute atomic E-state index is 13.4. The lowest BCUT2D eigenvalue weighted by atomic mass is 10.2. The highest BCUT2D eigenvalue weighted by atomic mass is 79.9. The molecule has 3 rings (SSSR count). The fourth-order valence-electron chi connectivity index (χ4n) is 2.55. The molecule has 1 aromatic carbocycles. The van der Waals surface area contributed by atoms with Crippen molar-refractivity contribution in [2.45, 2.75) is 12.8 Å². The highest BCUT2D eigenvalue weighted by Crippen LogP contribution is 2.23. The van der Waals surface area contributed by atoms with Crippen molar-refractivity contribution in [1.82, 2.24) is 15.8 Å². The van der Waals surface area contributed by atoms with Gasteiger partial charge in [0.15, 0.2) is 11.5 Å². The van der Waals surface area contributed by atoms with E-state index in [-0.39, 0.29) is 16.0 Å². The van der Waals surface area contributed by atoms with Crippen molar-refractivity contribution in [1.29, 1.82) is 0 Å². The Morgan fingerprint density at radius 2 is 2.14 bits per heavy atom. The fraction of sp³-hybridized carbons (Fsp3) is 0.438.